The Kier molecular flexibility index (Phi) is 6.40. The molecule has 1 fully saturated rings. The fourth-order valence-corrected chi connectivity index (χ4v) is 4.03. The highest BCUT2D eigenvalue weighted by atomic mass is 16.5. The average molecular weight is 419 g/mol. The Bertz CT molecular complexity index is 1040. The molecule has 0 bridgehead atoms. The molecule has 0 N–H and O–H groups in total. The van der Waals surface area contributed by atoms with Gasteiger partial charge < -0.3 is 14.4 Å². The number of piperidine rings is 1. The third-order valence-electron chi connectivity index (χ3n) is 5.63. The van der Waals surface area contributed by atoms with Crippen LogP contribution in [0.5, 0.6) is 11.5 Å². The van der Waals surface area contributed by atoms with Crippen LogP contribution in [0.3, 0.4) is 0 Å². The fraction of sp³-hybridized carbons (Fsp3) is 0.385. The number of nitrogens with zero attached hydrogens (tertiary/aromatic N) is 2. The van der Waals surface area contributed by atoms with E-state index in [1.54, 1.807) is 0 Å². The van der Waals surface area contributed by atoms with Crippen LogP contribution in [-0.2, 0) is 4.79 Å². The highest BCUT2D eigenvalue weighted by Gasteiger charge is 2.23. The van der Waals surface area contributed by atoms with Crippen molar-refractivity contribution in [1.29, 1.82) is 0 Å². The molecule has 2 aromatic carbocycles. The molecule has 0 atom stereocenters. The first-order valence-electron chi connectivity index (χ1n) is 11.1. The van der Waals surface area contributed by atoms with Gasteiger partial charge in [-0.25, -0.2) is 0 Å². The third-order valence-corrected chi connectivity index (χ3v) is 5.63. The Morgan fingerprint density at radius 1 is 1.13 bits per heavy atom. The van der Waals surface area contributed by atoms with Gasteiger partial charge in [-0.1, -0.05) is 25.1 Å². The zero-order valence-electron chi connectivity index (χ0n) is 18.5. The molecule has 1 saturated heterocycles. The minimum atomic E-state index is 0.0842. The van der Waals surface area contributed by atoms with Crippen LogP contribution in [0.25, 0.3) is 22.0 Å². The number of pyridine rings is 1. The van der Waals surface area contributed by atoms with Gasteiger partial charge in [0.1, 0.15) is 17.6 Å². The molecular weight excluding hydrogens is 388 g/mol. The van der Waals surface area contributed by atoms with Crippen molar-refractivity contribution in [3.8, 4) is 22.6 Å². The van der Waals surface area contributed by atoms with Crippen LogP contribution in [0.2, 0.25) is 0 Å². The number of benzene rings is 2. The van der Waals surface area contributed by atoms with Crippen molar-refractivity contribution in [2.24, 2.45) is 0 Å². The zero-order chi connectivity index (χ0) is 21.8. The van der Waals surface area contributed by atoms with Gasteiger partial charge in [-0.2, -0.15) is 0 Å². The normalized spacial score (nSPS) is 14.8. The molecule has 0 saturated carbocycles. The largest absolute Gasteiger partial charge is 0.490 e. The van der Waals surface area contributed by atoms with E-state index >= 15 is 0 Å². The van der Waals surface area contributed by atoms with Crippen molar-refractivity contribution < 1.29 is 14.3 Å². The molecule has 1 aliphatic heterocycles. The number of likely N-dealkylation sites (tertiary alicyclic amines) is 1. The average Bonchev–Trinajstić information content (AvgIpc) is 2.79. The number of ether oxygens (including phenoxy) is 2. The predicted octanol–water partition coefficient (Wildman–Crippen LogP) is 5.47. The fourth-order valence-electron chi connectivity index (χ4n) is 4.03. The summed E-state index contributed by atoms with van der Waals surface area (Å²) in [5, 5.41) is 1.06. The maximum absolute atomic E-state index is 11.9. The lowest BCUT2D eigenvalue weighted by molar-refractivity contribution is -0.132. The minimum Gasteiger partial charge on any atom is -0.490 e. The molecule has 1 aromatic heterocycles. The van der Waals surface area contributed by atoms with Crippen molar-refractivity contribution in [1.82, 2.24) is 9.88 Å². The first-order valence-corrected chi connectivity index (χ1v) is 11.1. The number of carbonyl (C=O) groups is 1. The second-order valence-electron chi connectivity index (χ2n) is 8.29. The van der Waals surface area contributed by atoms with Gasteiger partial charge in [0.2, 0.25) is 5.91 Å². The lowest BCUT2D eigenvalue weighted by atomic mass is 10.0. The van der Waals surface area contributed by atoms with Gasteiger partial charge in [0.15, 0.2) is 0 Å². The number of amides is 1. The molecule has 0 unspecified atom stereocenters. The molecule has 1 aliphatic rings. The van der Waals surface area contributed by atoms with Crippen LogP contribution >= 0.6 is 0 Å². The standard InChI is InChI=1S/C26H30N2O3/c1-4-26(29)28-14-11-22(12-15-28)31-21-9-7-19(8-10-21)23-17-24-20(6-5-13-27-24)16-25(23)30-18(2)3/h5-10,13,16-18,22H,4,11-12,14-15H2,1-3H3. The molecule has 1 amide bonds. The molecule has 5 nitrogen and oxygen atoms in total. The van der Waals surface area contributed by atoms with Gasteiger partial charge in [0, 0.05) is 49.5 Å². The van der Waals surface area contributed by atoms with Crippen molar-refractivity contribution >= 4 is 16.8 Å². The summed E-state index contributed by atoms with van der Waals surface area (Å²) in [4.78, 5) is 18.3. The Labute approximate surface area is 184 Å². The van der Waals surface area contributed by atoms with E-state index in [2.05, 4.69) is 35.3 Å². The van der Waals surface area contributed by atoms with Gasteiger partial charge in [-0.15, -0.1) is 0 Å². The van der Waals surface area contributed by atoms with Crippen LogP contribution < -0.4 is 9.47 Å². The molecule has 5 heteroatoms. The second-order valence-corrected chi connectivity index (χ2v) is 8.29. The van der Waals surface area contributed by atoms with Crippen LogP contribution in [0.4, 0.5) is 0 Å². The van der Waals surface area contributed by atoms with E-state index < -0.39 is 0 Å². The van der Waals surface area contributed by atoms with Crippen molar-refractivity contribution in [2.45, 2.75) is 52.2 Å². The molecular formula is C26H30N2O3. The molecule has 4 rings (SSSR count). The van der Waals surface area contributed by atoms with E-state index in [-0.39, 0.29) is 18.1 Å². The third kappa shape index (κ3) is 4.98. The summed E-state index contributed by atoms with van der Waals surface area (Å²) in [5.41, 5.74) is 3.04. The van der Waals surface area contributed by atoms with Crippen LogP contribution in [0.1, 0.15) is 40.0 Å². The molecule has 0 aliphatic carbocycles. The number of rotatable bonds is 6. The molecule has 0 spiro atoms. The van der Waals surface area contributed by atoms with Gasteiger partial charge in [0.25, 0.3) is 0 Å². The number of fused-ring (bicyclic) bond motifs is 1. The molecule has 2 heterocycles. The Balaban J connectivity index is 1.50. The van der Waals surface area contributed by atoms with Crippen LogP contribution in [0.15, 0.2) is 54.7 Å². The first kappa shape index (κ1) is 21.2. The Morgan fingerprint density at radius 2 is 1.87 bits per heavy atom. The smallest absolute Gasteiger partial charge is 0.222 e. The molecule has 0 radical (unpaired) electrons. The minimum absolute atomic E-state index is 0.0842. The summed E-state index contributed by atoms with van der Waals surface area (Å²) < 4.78 is 12.3. The lowest BCUT2D eigenvalue weighted by Crippen LogP contribution is -2.41. The summed E-state index contributed by atoms with van der Waals surface area (Å²) in [7, 11) is 0. The van der Waals surface area contributed by atoms with E-state index in [0.717, 1.165) is 59.5 Å². The first-order chi connectivity index (χ1) is 15.0. The predicted molar refractivity (Wildman–Crippen MR) is 123 cm³/mol. The summed E-state index contributed by atoms with van der Waals surface area (Å²) >= 11 is 0. The van der Waals surface area contributed by atoms with Gasteiger partial charge in [-0.3, -0.25) is 9.78 Å². The molecule has 3 aromatic rings. The maximum Gasteiger partial charge on any atom is 0.222 e. The number of aromatic nitrogens is 1. The van der Waals surface area contributed by atoms with Crippen LogP contribution in [-0.4, -0.2) is 41.1 Å². The number of hydrogen-bond donors (Lipinski definition) is 0. The SMILES string of the molecule is CCC(=O)N1CCC(Oc2ccc(-c3cc4ncccc4cc3OC(C)C)cc2)CC1. The Hall–Kier alpha value is -3.08. The van der Waals surface area contributed by atoms with Crippen LogP contribution in [0, 0.1) is 0 Å². The highest BCUT2D eigenvalue weighted by Crippen LogP contribution is 2.35. The summed E-state index contributed by atoms with van der Waals surface area (Å²) in [6.45, 7) is 7.53. The van der Waals surface area contributed by atoms with Crippen molar-refractivity contribution in [3.63, 3.8) is 0 Å². The zero-order valence-corrected chi connectivity index (χ0v) is 18.5. The van der Waals surface area contributed by atoms with Crippen molar-refractivity contribution in [2.75, 3.05) is 13.1 Å². The monoisotopic (exact) mass is 418 g/mol. The quantitative estimate of drug-likeness (QED) is 0.533. The van der Waals surface area contributed by atoms with Gasteiger partial charge in [0.05, 0.1) is 11.6 Å². The van der Waals surface area contributed by atoms with E-state index in [0.29, 0.717) is 6.42 Å². The van der Waals surface area contributed by atoms with Crippen molar-refractivity contribution in [3.05, 3.63) is 54.7 Å². The second kappa shape index (κ2) is 9.38. The summed E-state index contributed by atoms with van der Waals surface area (Å²) in [5.74, 6) is 1.94. The number of carbonyl (C=O) groups excluding carboxylic acids is 1. The topological polar surface area (TPSA) is 51.7 Å². The Morgan fingerprint density at radius 3 is 2.55 bits per heavy atom. The lowest BCUT2D eigenvalue weighted by Gasteiger charge is -2.32. The molecule has 162 valence electrons. The van der Waals surface area contributed by atoms with E-state index in [9.17, 15) is 4.79 Å². The highest BCUT2D eigenvalue weighted by molar-refractivity contribution is 5.88. The molecule has 31 heavy (non-hydrogen) atoms. The summed E-state index contributed by atoms with van der Waals surface area (Å²) in [6.07, 6.45) is 4.36. The summed E-state index contributed by atoms with van der Waals surface area (Å²) in [6, 6.07) is 16.3. The van der Waals surface area contributed by atoms with E-state index in [4.69, 9.17) is 9.47 Å². The van der Waals surface area contributed by atoms with E-state index in [1.807, 2.05) is 50.1 Å². The van der Waals surface area contributed by atoms with Gasteiger partial charge >= 0.3 is 0 Å². The van der Waals surface area contributed by atoms with Gasteiger partial charge in [-0.05, 0) is 49.7 Å². The maximum atomic E-state index is 11.9. The number of hydrogen-bond acceptors (Lipinski definition) is 4. The van der Waals surface area contributed by atoms with E-state index in [1.165, 1.54) is 0 Å².